The van der Waals surface area contributed by atoms with E-state index in [1.807, 2.05) is 0 Å². The van der Waals surface area contributed by atoms with Crippen LogP contribution in [0.5, 0.6) is 0 Å². The molecule has 0 aliphatic rings. The molecule has 0 aromatic carbocycles. The molecule has 0 aromatic heterocycles. The van der Waals surface area contributed by atoms with Crippen LogP contribution in [0.3, 0.4) is 0 Å². The fourth-order valence-corrected chi connectivity index (χ4v) is 0.688. The number of nitrogens with one attached hydrogen (secondary N) is 2. The van der Waals surface area contributed by atoms with Crippen molar-refractivity contribution in [2.75, 3.05) is 0 Å². The molecule has 0 saturated heterocycles. The van der Waals surface area contributed by atoms with E-state index >= 15 is 0 Å². The minimum Gasteiger partial charge on any atom is -0.375 e. The van der Waals surface area contributed by atoms with Gasteiger partial charge in [-0.25, -0.2) is 0 Å². The summed E-state index contributed by atoms with van der Waals surface area (Å²) in [6.45, 7) is 10.3. The minimum absolute atomic E-state index is 0.402. The standard InChI is InChI=1S/C9H16N2O2/c1-4-7(10-8(12)5-2)11-9(13)6-3/h4-13H,1-3H2. The minimum atomic E-state index is -0.840. The van der Waals surface area contributed by atoms with Gasteiger partial charge in [-0.3, -0.25) is 10.6 Å². The highest BCUT2D eigenvalue weighted by atomic mass is 16.3. The zero-order valence-electron chi connectivity index (χ0n) is 7.48. The first-order valence-electron chi connectivity index (χ1n) is 3.90. The van der Waals surface area contributed by atoms with Gasteiger partial charge in [0.25, 0.3) is 0 Å². The Bertz CT molecular complexity index is 166. The summed E-state index contributed by atoms with van der Waals surface area (Å²) in [4.78, 5) is 0. The Morgan fingerprint density at radius 1 is 0.846 bits per heavy atom. The molecule has 0 rings (SSSR count). The van der Waals surface area contributed by atoms with Crippen molar-refractivity contribution in [1.29, 1.82) is 0 Å². The first-order chi connectivity index (χ1) is 6.13. The van der Waals surface area contributed by atoms with E-state index in [9.17, 15) is 0 Å². The molecule has 4 heteroatoms. The Balaban J connectivity index is 3.95. The maximum absolute atomic E-state index is 9.12. The third kappa shape index (κ3) is 5.32. The normalized spacial score (nSPS) is 17.1. The molecular formula is C9H16N2O2. The van der Waals surface area contributed by atoms with Crippen LogP contribution in [0.2, 0.25) is 0 Å². The van der Waals surface area contributed by atoms with Crippen molar-refractivity contribution >= 4 is 0 Å². The maximum atomic E-state index is 9.12. The van der Waals surface area contributed by atoms with Crippen molar-refractivity contribution in [1.82, 2.24) is 10.6 Å². The lowest BCUT2D eigenvalue weighted by Gasteiger charge is -2.20. The summed E-state index contributed by atoms with van der Waals surface area (Å²) in [6, 6.07) is 0. The Morgan fingerprint density at radius 3 is 1.46 bits per heavy atom. The van der Waals surface area contributed by atoms with Gasteiger partial charge in [0.1, 0.15) is 12.5 Å². The molecule has 0 bridgehead atoms. The van der Waals surface area contributed by atoms with Gasteiger partial charge >= 0.3 is 0 Å². The van der Waals surface area contributed by atoms with Gasteiger partial charge in [0, 0.05) is 0 Å². The van der Waals surface area contributed by atoms with Crippen LogP contribution >= 0.6 is 0 Å². The van der Waals surface area contributed by atoms with Crippen molar-refractivity contribution in [3.05, 3.63) is 38.0 Å². The second-order valence-corrected chi connectivity index (χ2v) is 2.41. The smallest absolute Gasteiger partial charge is 0.125 e. The van der Waals surface area contributed by atoms with Crippen LogP contribution in [0.4, 0.5) is 0 Å². The molecule has 0 saturated carbocycles. The van der Waals surface area contributed by atoms with Crippen LogP contribution < -0.4 is 10.6 Å². The molecule has 0 amide bonds. The molecule has 74 valence electrons. The highest BCUT2D eigenvalue weighted by Crippen LogP contribution is 1.87. The summed E-state index contributed by atoms with van der Waals surface area (Å²) in [5, 5.41) is 23.6. The second-order valence-electron chi connectivity index (χ2n) is 2.41. The van der Waals surface area contributed by atoms with E-state index < -0.39 is 18.6 Å². The lowest BCUT2D eigenvalue weighted by Crippen LogP contribution is -2.48. The number of aliphatic hydroxyl groups excluding tert-OH is 2. The first-order valence-corrected chi connectivity index (χ1v) is 3.90. The van der Waals surface area contributed by atoms with Crippen LogP contribution in [0.25, 0.3) is 0 Å². The molecule has 2 atom stereocenters. The van der Waals surface area contributed by atoms with Gasteiger partial charge in [0.15, 0.2) is 0 Å². The number of rotatable bonds is 7. The summed E-state index contributed by atoms with van der Waals surface area (Å²) in [5.74, 6) is 0. The van der Waals surface area contributed by atoms with Crippen molar-refractivity contribution in [3.8, 4) is 0 Å². The molecule has 4 nitrogen and oxygen atoms in total. The van der Waals surface area contributed by atoms with Crippen molar-refractivity contribution in [3.63, 3.8) is 0 Å². The topological polar surface area (TPSA) is 64.5 Å². The zero-order chi connectivity index (χ0) is 10.3. The van der Waals surface area contributed by atoms with E-state index in [1.165, 1.54) is 18.2 Å². The van der Waals surface area contributed by atoms with E-state index in [2.05, 4.69) is 30.4 Å². The van der Waals surface area contributed by atoms with Gasteiger partial charge in [-0.05, 0) is 12.2 Å². The molecule has 0 aromatic rings. The molecule has 13 heavy (non-hydrogen) atoms. The Morgan fingerprint density at radius 2 is 1.23 bits per heavy atom. The molecule has 0 radical (unpaired) electrons. The molecule has 0 aliphatic heterocycles. The van der Waals surface area contributed by atoms with Gasteiger partial charge in [0.05, 0.1) is 6.17 Å². The summed E-state index contributed by atoms with van der Waals surface area (Å²) < 4.78 is 0. The van der Waals surface area contributed by atoms with E-state index in [1.54, 1.807) is 0 Å². The van der Waals surface area contributed by atoms with Gasteiger partial charge in [-0.2, -0.15) is 0 Å². The summed E-state index contributed by atoms with van der Waals surface area (Å²) in [7, 11) is 0. The monoisotopic (exact) mass is 184 g/mol. The van der Waals surface area contributed by atoms with Gasteiger partial charge in [-0.15, -0.1) is 6.58 Å². The zero-order valence-corrected chi connectivity index (χ0v) is 7.48. The first kappa shape index (κ1) is 12.1. The lowest BCUT2D eigenvalue weighted by atomic mass is 10.4. The van der Waals surface area contributed by atoms with Crippen LogP contribution in [-0.2, 0) is 0 Å². The molecule has 0 heterocycles. The average molecular weight is 184 g/mol. The molecule has 0 fully saturated rings. The van der Waals surface area contributed by atoms with Gasteiger partial charge in [0.2, 0.25) is 0 Å². The SMILES string of the molecule is C=CC(O)NC(C=C)NC(O)C=C. The number of aliphatic hydroxyl groups is 2. The average Bonchev–Trinajstić information content (AvgIpc) is 2.16. The Labute approximate surface area is 78.3 Å². The maximum Gasteiger partial charge on any atom is 0.125 e. The lowest BCUT2D eigenvalue weighted by molar-refractivity contribution is 0.130. The third-order valence-electron chi connectivity index (χ3n) is 1.38. The summed E-state index contributed by atoms with van der Waals surface area (Å²) in [6.07, 6.45) is 2.09. The molecular weight excluding hydrogens is 168 g/mol. The molecule has 0 aliphatic carbocycles. The van der Waals surface area contributed by atoms with E-state index in [-0.39, 0.29) is 0 Å². The predicted molar refractivity (Wildman–Crippen MR) is 52.7 cm³/mol. The highest BCUT2D eigenvalue weighted by molar-refractivity contribution is 4.91. The Hall–Kier alpha value is -0.940. The fourth-order valence-electron chi connectivity index (χ4n) is 0.688. The molecule has 0 spiro atoms. The summed E-state index contributed by atoms with van der Waals surface area (Å²) in [5.41, 5.74) is 0. The third-order valence-corrected chi connectivity index (χ3v) is 1.38. The van der Waals surface area contributed by atoms with Crippen molar-refractivity contribution < 1.29 is 10.2 Å². The van der Waals surface area contributed by atoms with Crippen LogP contribution in [0.1, 0.15) is 0 Å². The quantitative estimate of drug-likeness (QED) is 0.324. The van der Waals surface area contributed by atoms with E-state index in [0.29, 0.717) is 0 Å². The van der Waals surface area contributed by atoms with Gasteiger partial charge < -0.3 is 10.2 Å². The number of hydrogen-bond donors (Lipinski definition) is 4. The molecule has 4 N–H and O–H groups in total. The fraction of sp³-hybridized carbons (Fsp3) is 0.333. The summed E-state index contributed by atoms with van der Waals surface area (Å²) >= 11 is 0. The van der Waals surface area contributed by atoms with E-state index in [4.69, 9.17) is 10.2 Å². The van der Waals surface area contributed by atoms with E-state index in [0.717, 1.165) is 0 Å². The van der Waals surface area contributed by atoms with Crippen molar-refractivity contribution in [2.24, 2.45) is 0 Å². The second kappa shape index (κ2) is 6.56. The van der Waals surface area contributed by atoms with Crippen molar-refractivity contribution in [2.45, 2.75) is 18.6 Å². The van der Waals surface area contributed by atoms with Crippen LogP contribution in [-0.4, -0.2) is 28.8 Å². The number of hydrogen-bond acceptors (Lipinski definition) is 4. The van der Waals surface area contributed by atoms with Crippen LogP contribution in [0.15, 0.2) is 38.0 Å². The largest absolute Gasteiger partial charge is 0.375 e. The predicted octanol–water partition coefficient (Wildman–Crippen LogP) is -0.314. The Kier molecular flexibility index (Phi) is 6.09. The molecule has 2 unspecified atom stereocenters. The van der Waals surface area contributed by atoms with Crippen LogP contribution in [0, 0.1) is 0 Å². The van der Waals surface area contributed by atoms with Gasteiger partial charge in [-0.1, -0.05) is 19.2 Å². The highest BCUT2D eigenvalue weighted by Gasteiger charge is 2.08.